The van der Waals surface area contributed by atoms with Gasteiger partial charge in [0.2, 0.25) is 0 Å². The molecule has 1 amide bonds. The maximum absolute atomic E-state index is 12.2. The average molecular weight is 282 g/mol. The number of carbonyl (C=O) groups excluding carboxylic acids is 1. The Bertz CT molecular complexity index is 691. The molecule has 1 aromatic carbocycles. The third-order valence-corrected chi connectivity index (χ3v) is 3.51. The molecule has 0 radical (unpaired) electrons. The van der Waals surface area contributed by atoms with Gasteiger partial charge in [-0.3, -0.25) is 4.79 Å². The third kappa shape index (κ3) is 2.61. The van der Waals surface area contributed by atoms with Crippen molar-refractivity contribution in [1.82, 2.24) is 4.90 Å². The lowest BCUT2D eigenvalue weighted by Gasteiger charge is -2.38. The maximum atomic E-state index is 12.2. The number of aryl methyl sites for hydroxylation is 1. The number of benzene rings is 1. The van der Waals surface area contributed by atoms with Gasteiger partial charge in [-0.1, -0.05) is 0 Å². The quantitative estimate of drug-likeness (QED) is 0.866. The lowest BCUT2D eigenvalue weighted by atomic mass is 10.1. The Kier molecular flexibility index (Phi) is 3.36. The normalized spacial score (nSPS) is 14.4. The van der Waals surface area contributed by atoms with Crippen molar-refractivity contribution in [2.24, 2.45) is 0 Å². The van der Waals surface area contributed by atoms with Crippen LogP contribution in [0, 0.1) is 18.3 Å². The molecule has 0 unspecified atom stereocenters. The molecule has 21 heavy (non-hydrogen) atoms. The van der Waals surface area contributed by atoms with Crippen LogP contribution in [0.4, 0.5) is 0 Å². The van der Waals surface area contributed by atoms with Crippen LogP contribution in [0.15, 0.2) is 41.0 Å². The molecule has 1 aromatic heterocycles. The Labute approximate surface area is 122 Å². The molecule has 0 saturated carbocycles. The summed E-state index contributed by atoms with van der Waals surface area (Å²) in [6.45, 7) is 2.89. The molecular formula is C16H14N2O3. The predicted octanol–water partition coefficient (Wildman–Crippen LogP) is 2.36. The number of hydrogen-bond donors (Lipinski definition) is 0. The van der Waals surface area contributed by atoms with Gasteiger partial charge >= 0.3 is 0 Å². The third-order valence-electron chi connectivity index (χ3n) is 3.51. The van der Waals surface area contributed by atoms with Crippen molar-refractivity contribution in [1.29, 1.82) is 5.26 Å². The number of rotatable bonds is 3. The van der Waals surface area contributed by atoms with Gasteiger partial charge in [0.05, 0.1) is 36.5 Å². The van der Waals surface area contributed by atoms with Crippen molar-refractivity contribution in [3.05, 3.63) is 53.5 Å². The van der Waals surface area contributed by atoms with E-state index in [0.29, 0.717) is 35.7 Å². The van der Waals surface area contributed by atoms with E-state index in [1.54, 1.807) is 42.2 Å². The van der Waals surface area contributed by atoms with Crippen LogP contribution in [0.1, 0.15) is 21.7 Å². The van der Waals surface area contributed by atoms with Gasteiger partial charge in [0, 0.05) is 0 Å². The molecule has 1 aliphatic heterocycles. The van der Waals surface area contributed by atoms with Crippen molar-refractivity contribution in [2.45, 2.75) is 13.0 Å². The van der Waals surface area contributed by atoms with Crippen LogP contribution >= 0.6 is 0 Å². The van der Waals surface area contributed by atoms with Crippen molar-refractivity contribution in [3.63, 3.8) is 0 Å². The van der Waals surface area contributed by atoms with E-state index in [9.17, 15) is 4.79 Å². The molecule has 3 rings (SSSR count). The number of ether oxygens (including phenoxy) is 1. The molecule has 0 spiro atoms. The van der Waals surface area contributed by atoms with Gasteiger partial charge in [-0.05, 0) is 37.3 Å². The second kappa shape index (κ2) is 5.33. The van der Waals surface area contributed by atoms with Crippen LogP contribution in [0.25, 0.3) is 0 Å². The highest BCUT2D eigenvalue weighted by atomic mass is 16.5. The minimum Gasteiger partial charge on any atom is -0.487 e. The van der Waals surface area contributed by atoms with E-state index in [1.165, 1.54) is 6.26 Å². The number of nitriles is 1. The lowest BCUT2D eigenvalue weighted by Crippen LogP contribution is -2.56. The second-order valence-electron chi connectivity index (χ2n) is 4.98. The van der Waals surface area contributed by atoms with Gasteiger partial charge in [-0.15, -0.1) is 0 Å². The zero-order chi connectivity index (χ0) is 14.8. The first-order valence-electron chi connectivity index (χ1n) is 6.67. The van der Waals surface area contributed by atoms with Crippen LogP contribution in [0.5, 0.6) is 5.75 Å². The highest BCUT2D eigenvalue weighted by molar-refractivity contribution is 5.95. The Morgan fingerprint density at radius 3 is 2.62 bits per heavy atom. The molecule has 1 aliphatic rings. The molecule has 106 valence electrons. The minimum absolute atomic E-state index is 0.00547. The van der Waals surface area contributed by atoms with E-state index in [2.05, 4.69) is 6.07 Å². The van der Waals surface area contributed by atoms with E-state index in [0.717, 1.165) is 0 Å². The van der Waals surface area contributed by atoms with Crippen LogP contribution in [-0.2, 0) is 0 Å². The Hall–Kier alpha value is -2.74. The number of hydrogen-bond acceptors (Lipinski definition) is 4. The Balaban J connectivity index is 1.55. The Morgan fingerprint density at radius 2 is 2.05 bits per heavy atom. The highest BCUT2D eigenvalue weighted by Crippen LogP contribution is 2.21. The summed E-state index contributed by atoms with van der Waals surface area (Å²) < 4.78 is 10.9. The first-order chi connectivity index (χ1) is 10.2. The number of likely N-dealkylation sites (tertiary alicyclic amines) is 1. The van der Waals surface area contributed by atoms with Gasteiger partial charge in [0.15, 0.2) is 0 Å². The van der Waals surface area contributed by atoms with Gasteiger partial charge in [0.1, 0.15) is 17.6 Å². The molecular weight excluding hydrogens is 268 g/mol. The van der Waals surface area contributed by atoms with Crippen molar-refractivity contribution in [3.8, 4) is 11.8 Å². The maximum Gasteiger partial charge on any atom is 0.257 e. The SMILES string of the molecule is Cc1occc1C(=O)N1CC(Oc2ccc(C#N)cc2)C1. The summed E-state index contributed by atoms with van der Waals surface area (Å²) in [6.07, 6.45) is 1.52. The summed E-state index contributed by atoms with van der Waals surface area (Å²) in [5.41, 5.74) is 1.20. The fraction of sp³-hybridized carbons (Fsp3) is 0.250. The summed E-state index contributed by atoms with van der Waals surface area (Å²) in [5, 5.41) is 8.73. The number of nitrogens with zero attached hydrogens (tertiary/aromatic N) is 2. The molecule has 0 atom stereocenters. The topological polar surface area (TPSA) is 66.5 Å². The second-order valence-corrected chi connectivity index (χ2v) is 4.98. The zero-order valence-electron chi connectivity index (χ0n) is 11.6. The zero-order valence-corrected chi connectivity index (χ0v) is 11.6. The van der Waals surface area contributed by atoms with E-state index >= 15 is 0 Å². The largest absolute Gasteiger partial charge is 0.487 e. The van der Waals surface area contributed by atoms with Crippen LogP contribution in [0.3, 0.4) is 0 Å². The summed E-state index contributed by atoms with van der Waals surface area (Å²) in [6, 6.07) is 10.7. The Morgan fingerprint density at radius 1 is 1.33 bits per heavy atom. The van der Waals surface area contributed by atoms with Gasteiger partial charge in [0.25, 0.3) is 5.91 Å². The first-order valence-corrected chi connectivity index (χ1v) is 6.67. The van der Waals surface area contributed by atoms with Crippen LogP contribution in [0.2, 0.25) is 0 Å². The van der Waals surface area contributed by atoms with Crippen LogP contribution < -0.4 is 4.74 Å². The number of carbonyl (C=O) groups is 1. The van der Waals surface area contributed by atoms with E-state index in [4.69, 9.17) is 14.4 Å². The summed E-state index contributed by atoms with van der Waals surface area (Å²) >= 11 is 0. The van der Waals surface area contributed by atoms with Gasteiger partial charge in [-0.25, -0.2) is 0 Å². The van der Waals surface area contributed by atoms with E-state index < -0.39 is 0 Å². The van der Waals surface area contributed by atoms with E-state index in [-0.39, 0.29) is 12.0 Å². The fourth-order valence-electron chi connectivity index (χ4n) is 2.26. The average Bonchev–Trinajstić information content (AvgIpc) is 2.88. The first kappa shape index (κ1) is 13.3. The minimum atomic E-state index is -0.0269. The van der Waals surface area contributed by atoms with Crippen molar-refractivity contribution in [2.75, 3.05) is 13.1 Å². The monoisotopic (exact) mass is 282 g/mol. The highest BCUT2D eigenvalue weighted by Gasteiger charge is 2.33. The molecule has 0 bridgehead atoms. The standard InChI is InChI=1S/C16H14N2O3/c1-11-15(6-7-20-11)16(19)18-9-14(10-18)21-13-4-2-12(8-17)3-5-13/h2-7,14H,9-10H2,1H3. The van der Waals surface area contributed by atoms with Crippen LogP contribution in [-0.4, -0.2) is 30.0 Å². The number of amides is 1. The molecule has 1 saturated heterocycles. The molecule has 5 nitrogen and oxygen atoms in total. The summed E-state index contributed by atoms with van der Waals surface area (Å²) in [4.78, 5) is 13.9. The van der Waals surface area contributed by atoms with Gasteiger partial charge < -0.3 is 14.1 Å². The summed E-state index contributed by atoms with van der Waals surface area (Å²) in [5.74, 6) is 1.32. The van der Waals surface area contributed by atoms with Gasteiger partial charge in [-0.2, -0.15) is 5.26 Å². The van der Waals surface area contributed by atoms with Crippen molar-refractivity contribution < 1.29 is 13.9 Å². The molecule has 5 heteroatoms. The number of furan rings is 1. The summed E-state index contributed by atoms with van der Waals surface area (Å²) in [7, 11) is 0. The molecule has 2 heterocycles. The predicted molar refractivity (Wildman–Crippen MR) is 74.9 cm³/mol. The molecule has 2 aromatic rings. The van der Waals surface area contributed by atoms with E-state index in [1.807, 2.05) is 0 Å². The molecule has 0 N–H and O–H groups in total. The molecule has 0 aliphatic carbocycles. The lowest BCUT2D eigenvalue weighted by molar-refractivity contribution is 0.0176. The molecule has 1 fully saturated rings. The smallest absolute Gasteiger partial charge is 0.257 e. The fourth-order valence-corrected chi connectivity index (χ4v) is 2.26. The van der Waals surface area contributed by atoms with Crippen molar-refractivity contribution >= 4 is 5.91 Å².